The van der Waals surface area contributed by atoms with E-state index in [1.165, 1.54) is 5.56 Å². The summed E-state index contributed by atoms with van der Waals surface area (Å²) in [6.07, 6.45) is 0. The molecule has 0 aliphatic carbocycles. The highest BCUT2D eigenvalue weighted by molar-refractivity contribution is 6.30. The van der Waals surface area contributed by atoms with Crippen LogP contribution < -0.4 is 10.5 Å². The number of anilines is 1. The first-order chi connectivity index (χ1) is 15.6. The van der Waals surface area contributed by atoms with Crippen LogP contribution in [0.5, 0.6) is 0 Å². The maximum atomic E-state index is 13.2. The van der Waals surface area contributed by atoms with Crippen LogP contribution in [0.2, 0.25) is 5.02 Å². The molecule has 0 N–H and O–H groups in total. The number of piperazine rings is 1. The zero-order chi connectivity index (χ0) is 22.1. The van der Waals surface area contributed by atoms with E-state index in [1.807, 2.05) is 42.5 Å². The minimum atomic E-state index is -0.0475. The normalized spacial score (nSPS) is 14.8. The Morgan fingerprint density at radius 3 is 2.31 bits per heavy atom. The van der Waals surface area contributed by atoms with Gasteiger partial charge in [0.25, 0.3) is 5.56 Å². The lowest BCUT2D eigenvalue weighted by Gasteiger charge is -2.36. The summed E-state index contributed by atoms with van der Waals surface area (Å²) in [4.78, 5) is 17.8. The lowest BCUT2D eigenvalue weighted by Crippen LogP contribution is -2.48. The number of rotatable bonds is 4. The van der Waals surface area contributed by atoms with Crippen LogP contribution in [0.3, 0.4) is 0 Å². The summed E-state index contributed by atoms with van der Waals surface area (Å²) in [6.45, 7) is 6.02. The van der Waals surface area contributed by atoms with E-state index >= 15 is 0 Å². The van der Waals surface area contributed by atoms with E-state index in [2.05, 4.69) is 47.1 Å². The average molecular weight is 445 g/mol. The summed E-state index contributed by atoms with van der Waals surface area (Å²) in [5.74, 6) is 0. The Morgan fingerprint density at radius 2 is 1.59 bits per heavy atom. The lowest BCUT2D eigenvalue weighted by atomic mass is 10.0. The third-order valence-corrected chi connectivity index (χ3v) is 6.31. The quantitative estimate of drug-likeness (QED) is 0.453. The number of aryl methyl sites for hydroxylation is 1. The number of fused-ring (bicyclic) bond motifs is 1. The number of aromatic nitrogens is 2. The zero-order valence-corrected chi connectivity index (χ0v) is 18.8. The molecule has 0 spiro atoms. The molecule has 4 aromatic rings. The number of benzene rings is 3. The van der Waals surface area contributed by atoms with Crippen molar-refractivity contribution in [3.63, 3.8) is 0 Å². The number of hydrogen-bond donors (Lipinski definition) is 0. The van der Waals surface area contributed by atoms with E-state index in [9.17, 15) is 4.79 Å². The number of hydrogen-bond acceptors (Lipinski definition) is 4. The zero-order valence-electron chi connectivity index (χ0n) is 18.0. The van der Waals surface area contributed by atoms with Crippen LogP contribution in [0, 0.1) is 6.92 Å². The predicted molar refractivity (Wildman–Crippen MR) is 131 cm³/mol. The monoisotopic (exact) mass is 444 g/mol. The van der Waals surface area contributed by atoms with Crippen LogP contribution >= 0.6 is 11.6 Å². The second-order valence-electron chi connectivity index (χ2n) is 8.29. The molecule has 0 bridgehead atoms. The Labute approximate surface area is 192 Å². The summed E-state index contributed by atoms with van der Waals surface area (Å²) in [7, 11) is 0. The fourth-order valence-corrected chi connectivity index (χ4v) is 4.45. The molecule has 5 nitrogen and oxygen atoms in total. The molecule has 0 saturated carbocycles. The van der Waals surface area contributed by atoms with E-state index in [-0.39, 0.29) is 5.56 Å². The summed E-state index contributed by atoms with van der Waals surface area (Å²) in [5.41, 5.74) is 4.15. The average Bonchev–Trinajstić information content (AvgIpc) is 2.82. The van der Waals surface area contributed by atoms with Gasteiger partial charge in [-0.25, -0.2) is 4.68 Å². The van der Waals surface area contributed by atoms with Crippen molar-refractivity contribution in [2.75, 3.05) is 31.1 Å². The Morgan fingerprint density at radius 1 is 0.875 bits per heavy atom. The van der Waals surface area contributed by atoms with Crippen LogP contribution in [0.1, 0.15) is 5.56 Å². The molecule has 162 valence electrons. The Bertz CT molecular complexity index is 1310. The fourth-order valence-electron chi connectivity index (χ4n) is 4.27. The van der Waals surface area contributed by atoms with Crippen LogP contribution in [-0.4, -0.2) is 40.9 Å². The van der Waals surface area contributed by atoms with E-state index in [0.29, 0.717) is 12.1 Å². The summed E-state index contributed by atoms with van der Waals surface area (Å²) < 4.78 is 1.62. The molecule has 0 radical (unpaired) electrons. The van der Waals surface area contributed by atoms with Gasteiger partial charge in [0.1, 0.15) is 0 Å². The van der Waals surface area contributed by atoms with Gasteiger partial charge in [0, 0.05) is 47.8 Å². The minimum Gasteiger partial charge on any atom is -0.369 e. The molecule has 5 rings (SSSR count). The number of nitrogens with zero attached hydrogens (tertiary/aromatic N) is 4. The van der Waals surface area contributed by atoms with Crippen LogP contribution in [-0.2, 0) is 6.67 Å². The van der Waals surface area contributed by atoms with Gasteiger partial charge < -0.3 is 4.90 Å². The van der Waals surface area contributed by atoms with Gasteiger partial charge in [0.2, 0.25) is 0 Å². The van der Waals surface area contributed by atoms with Gasteiger partial charge in [-0.3, -0.25) is 9.69 Å². The molecular weight excluding hydrogens is 420 g/mol. The van der Waals surface area contributed by atoms with Gasteiger partial charge in [-0.05, 0) is 31.2 Å². The number of halogens is 1. The second kappa shape index (κ2) is 8.77. The van der Waals surface area contributed by atoms with Gasteiger partial charge in [-0.1, -0.05) is 65.7 Å². The molecule has 3 aromatic carbocycles. The van der Waals surface area contributed by atoms with Crippen molar-refractivity contribution in [1.82, 2.24) is 14.7 Å². The molecule has 0 atom stereocenters. The predicted octanol–water partition coefficient (Wildman–Crippen LogP) is 4.81. The van der Waals surface area contributed by atoms with Gasteiger partial charge in [0.05, 0.1) is 17.7 Å². The Balaban J connectivity index is 1.42. The van der Waals surface area contributed by atoms with Gasteiger partial charge in [-0.15, -0.1) is 0 Å². The van der Waals surface area contributed by atoms with Crippen molar-refractivity contribution >= 4 is 28.1 Å². The standard InChI is InChI=1S/C26H25ClN4O/c1-19-9-11-20(12-10-19)25-23-7-2-3-8-24(23)26(32)31(28-25)18-29-13-15-30(16-14-29)22-6-4-5-21(27)17-22/h2-12,17H,13-16,18H2,1H3. The Hall–Kier alpha value is -3.15. The molecular formula is C26H25ClN4O. The molecule has 1 aromatic heterocycles. The highest BCUT2D eigenvalue weighted by Crippen LogP contribution is 2.25. The molecule has 2 heterocycles. The van der Waals surface area contributed by atoms with E-state index in [1.54, 1.807) is 4.68 Å². The molecule has 0 amide bonds. The van der Waals surface area contributed by atoms with Crippen molar-refractivity contribution in [3.05, 3.63) is 93.7 Å². The van der Waals surface area contributed by atoms with Gasteiger partial charge in [0.15, 0.2) is 0 Å². The molecule has 1 saturated heterocycles. The van der Waals surface area contributed by atoms with Crippen molar-refractivity contribution in [1.29, 1.82) is 0 Å². The smallest absolute Gasteiger partial charge is 0.275 e. The van der Waals surface area contributed by atoms with Crippen LogP contribution in [0.4, 0.5) is 5.69 Å². The maximum Gasteiger partial charge on any atom is 0.275 e. The molecule has 0 unspecified atom stereocenters. The highest BCUT2D eigenvalue weighted by atomic mass is 35.5. The van der Waals surface area contributed by atoms with Gasteiger partial charge >= 0.3 is 0 Å². The third kappa shape index (κ3) is 4.14. The molecule has 6 heteroatoms. The van der Waals surface area contributed by atoms with E-state index in [4.69, 9.17) is 16.7 Å². The molecule has 1 aliphatic heterocycles. The first-order valence-corrected chi connectivity index (χ1v) is 11.3. The molecule has 1 fully saturated rings. The maximum absolute atomic E-state index is 13.2. The summed E-state index contributed by atoms with van der Waals surface area (Å²) >= 11 is 6.16. The fraction of sp³-hybridized carbons (Fsp3) is 0.231. The Kier molecular flexibility index (Phi) is 5.68. The van der Waals surface area contributed by atoms with Gasteiger partial charge in [-0.2, -0.15) is 5.10 Å². The topological polar surface area (TPSA) is 41.4 Å². The highest BCUT2D eigenvalue weighted by Gasteiger charge is 2.20. The summed E-state index contributed by atoms with van der Waals surface area (Å²) in [5, 5.41) is 7.16. The minimum absolute atomic E-state index is 0.0475. The van der Waals surface area contributed by atoms with Crippen molar-refractivity contribution < 1.29 is 0 Å². The molecule has 32 heavy (non-hydrogen) atoms. The largest absolute Gasteiger partial charge is 0.369 e. The summed E-state index contributed by atoms with van der Waals surface area (Å²) in [6, 6.07) is 24.0. The lowest BCUT2D eigenvalue weighted by molar-refractivity contribution is 0.192. The van der Waals surface area contributed by atoms with E-state index in [0.717, 1.165) is 53.5 Å². The van der Waals surface area contributed by atoms with Crippen molar-refractivity contribution in [2.45, 2.75) is 13.6 Å². The second-order valence-corrected chi connectivity index (χ2v) is 8.73. The SMILES string of the molecule is Cc1ccc(-c2nn(CN3CCN(c4cccc(Cl)c4)CC3)c(=O)c3ccccc23)cc1. The van der Waals surface area contributed by atoms with E-state index < -0.39 is 0 Å². The first-order valence-electron chi connectivity index (χ1n) is 10.9. The van der Waals surface area contributed by atoms with Crippen LogP contribution in [0.25, 0.3) is 22.0 Å². The first kappa shape index (κ1) is 20.7. The van der Waals surface area contributed by atoms with Crippen LogP contribution in [0.15, 0.2) is 77.6 Å². The van der Waals surface area contributed by atoms with Crippen molar-refractivity contribution in [3.8, 4) is 11.3 Å². The molecule has 1 aliphatic rings. The van der Waals surface area contributed by atoms with Crippen molar-refractivity contribution in [2.24, 2.45) is 0 Å². The third-order valence-electron chi connectivity index (χ3n) is 6.07.